The molecule has 0 radical (unpaired) electrons. The molecule has 27 heavy (non-hydrogen) atoms. The Kier molecular flexibility index (Phi) is 4.65. The third kappa shape index (κ3) is 3.44. The van der Waals surface area contributed by atoms with Gasteiger partial charge in [-0.25, -0.2) is 13.1 Å². The van der Waals surface area contributed by atoms with Crippen LogP contribution < -0.4 is 10.3 Å². The monoisotopic (exact) mass is 385 g/mol. The molecule has 0 atom stereocenters. The zero-order chi connectivity index (χ0) is 19.0. The Balaban J connectivity index is 1.49. The van der Waals surface area contributed by atoms with E-state index in [0.29, 0.717) is 10.4 Å². The van der Waals surface area contributed by atoms with Gasteiger partial charge >= 0.3 is 0 Å². The number of aromatic nitrogens is 2. The van der Waals surface area contributed by atoms with Crippen LogP contribution in [0.1, 0.15) is 24.0 Å². The molecule has 0 fully saturated rings. The van der Waals surface area contributed by atoms with Crippen LogP contribution in [0, 0.1) is 0 Å². The molecule has 1 aliphatic carbocycles. The van der Waals surface area contributed by atoms with E-state index < -0.39 is 10.0 Å². The van der Waals surface area contributed by atoms with Gasteiger partial charge < -0.3 is 9.13 Å². The molecule has 3 aromatic rings. The number of hydrogen-bond acceptors (Lipinski definition) is 3. The lowest BCUT2D eigenvalue weighted by molar-refractivity contribution is 0.570. The molecule has 142 valence electrons. The van der Waals surface area contributed by atoms with Gasteiger partial charge in [0.1, 0.15) is 5.52 Å². The van der Waals surface area contributed by atoms with Crippen molar-refractivity contribution >= 4 is 20.9 Å². The van der Waals surface area contributed by atoms with Gasteiger partial charge in [0.2, 0.25) is 10.0 Å². The summed E-state index contributed by atoms with van der Waals surface area (Å²) in [4.78, 5) is 12.9. The van der Waals surface area contributed by atoms with E-state index in [-0.39, 0.29) is 18.6 Å². The smallest absolute Gasteiger partial charge is 0.275 e. The Morgan fingerprint density at radius 1 is 1.04 bits per heavy atom. The summed E-state index contributed by atoms with van der Waals surface area (Å²) in [6.07, 6.45) is 7.78. The van der Waals surface area contributed by atoms with Crippen molar-refractivity contribution in [2.24, 2.45) is 7.05 Å². The molecule has 0 bridgehead atoms. The Labute approximate surface area is 158 Å². The Morgan fingerprint density at radius 3 is 2.59 bits per heavy atom. The normalized spacial score (nSPS) is 14.4. The largest absolute Gasteiger partial charge is 0.346 e. The van der Waals surface area contributed by atoms with E-state index in [1.165, 1.54) is 10.1 Å². The van der Waals surface area contributed by atoms with Gasteiger partial charge in [0.25, 0.3) is 5.56 Å². The summed E-state index contributed by atoms with van der Waals surface area (Å²) in [5.41, 5.74) is 2.89. The van der Waals surface area contributed by atoms with Gasteiger partial charge in [0.15, 0.2) is 0 Å². The average Bonchev–Trinajstić information content (AvgIpc) is 3.05. The average molecular weight is 385 g/mol. The number of nitrogens with one attached hydrogen (secondary N) is 1. The number of aryl methyl sites for hydroxylation is 3. The Bertz CT molecular complexity index is 1160. The first kappa shape index (κ1) is 18.0. The molecule has 6 nitrogen and oxygen atoms in total. The van der Waals surface area contributed by atoms with E-state index in [9.17, 15) is 13.2 Å². The van der Waals surface area contributed by atoms with Crippen LogP contribution in [0.5, 0.6) is 0 Å². The lowest BCUT2D eigenvalue weighted by atomic mass is 9.92. The summed E-state index contributed by atoms with van der Waals surface area (Å²) in [5.74, 6) is 0. The second-order valence-corrected chi connectivity index (χ2v) is 8.85. The van der Waals surface area contributed by atoms with Crippen LogP contribution in [0.2, 0.25) is 0 Å². The second kappa shape index (κ2) is 6.98. The second-order valence-electron chi connectivity index (χ2n) is 7.08. The van der Waals surface area contributed by atoms with E-state index in [1.54, 1.807) is 22.9 Å². The van der Waals surface area contributed by atoms with Crippen LogP contribution in [0.4, 0.5) is 0 Å². The van der Waals surface area contributed by atoms with Crippen molar-refractivity contribution in [3.05, 3.63) is 64.2 Å². The van der Waals surface area contributed by atoms with Gasteiger partial charge in [0.05, 0.1) is 4.90 Å². The first-order chi connectivity index (χ1) is 13.0. The highest BCUT2D eigenvalue weighted by atomic mass is 32.2. The Morgan fingerprint density at radius 2 is 1.78 bits per heavy atom. The molecule has 0 aliphatic heterocycles. The van der Waals surface area contributed by atoms with Crippen molar-refractivity contribution < 1.29 is 8.42 Å². The summed E-state index contributed by atoms with van der Waals surface area (Å²) in [7, 11) is -1.76. The summed E-state index contributed by atoms with van der Waals surface area (Å²) < 4.78 is 31.2. The van der Waals surface area contributed by atoms with Crippen LogP contribution in [0.3, 0.4) is 0 Å². The van der Waals surface area contributed by atoms with Crippen LogP contribution >= 0.6 is 0 Å². The van der Waals surface area contributed by atoms with Gasteiger partial charge in [-0.15, -0.1) is 0 Å². The molecule has 0 saturated heterocycles. The van der Waals surface area contributed by atoms with Crippen molar-refractivity contribution in [2.45, 2.75) is 37.1 Å². The zero-order valence-electron chi connectivity index (χ0n) is 15.3. The van der Waals surface area contributed by atoms with Crippen molar-refractivity contribution in [1.29, 1.82) is 0 Å². The van der Waals surface area contributed by atoms with Crippen molar-refractivity contribution in [2.75, 3.05) is 6.54 Å². The van der Waals surface area contributed by atoms with Crippen molar-refractivity contribution in [3.8, 4) is 0 Å². The first-order valence-corrected chi connectivity index (χ1v) is 10.7. The van der Waals surface area contributed by atoms with Gasteiger partial charge in [-0.05, 0) is 61.1 Å². The molecule has 4 rings (SSSR count). The summed E-state index contributed by atoms with van der Waals surface area (Å²) in [6, 6.07) is 9.15. The topological polar surface area (TPSA) is 73.1 Å². The fourth-order valence-electron chi connectivity index (χ4n) is 3.77. The Hall–Kier alpha value is -2.38. The van der Waals surface area contributed by atoms with Crippen LogP contribution in [-0.4, -0.2) is 24.1 Å². The molecule has 0 spiro atoms. The number of benzene rings is 1. The lowest BCUT2D eigenvalue weighted by Crippen LogP contribution is -2.31. The summed E-state index contributed by atoms with van der Waals surface area (Å²) in [6.45, 7) is 0.444. The molecule has 0 unspecified atom stereocenters. The van der Waals surface area contributed by atoms with Crippen molar-refractivity contribution in [1.82, 2.24) is 13.9 Å². The third-order valence-corrected chi connectivity index (χ3v) is 6.74. The number of sulfonamides is 1. The number of pyridine rings is 1. The van der Waals surface area contributed by atoms with Crippen LogP contribution in [0.15, 0.2) is 52.4 Å². The maximum atomic E-state index is 12.6. The van der Waals surface area contributed by atoms with Gasteiger partial charge in [-0.3, -0.25) is 4.79 Å². The molecule has 0 amide bonds. The van der Waals surface area contributed by atoms with E-state index in [2.05, 4.69) is 4.72 Å². The first-order valence-electron chi connectivity index (χ1n) is 9.22. The molecule has 1 N–H and O–H groups in total. The van der Waals surface area contributed by atoms with Gasteiger partial charge in [-0.1, -0.05) is 6.07 Å². The minimum atomic E-state index is -3.59. The molecule has 2 heterocycles. The molecule has 2 aromatic heterocycles. The number of rotatable bonds is 5. The number of hydrogen-bond donors (Lipinski definition) is 1. The van der Waals surface area contributed by atoms with Gasteiger partial charge in [0, 0.05) is 37.9 Å². The maximum Gasteiger partial charge on any atom is 0.275 e. The molecule has 7 heteroatoms. The van der Waals surface area contributed by atoms with E-state index in [0.717, 1.165) is 36.6 Å². The maximum absolute atomic E-state index is 12.6. The standard InChI is InChI=1S/C20H23N3O3S/c1-22-11-8-16-9-12-23(20(24)19(16)22)13-10-21-27(25,26)18-7-6-15-4-2-3-5-17(15)14-18/h6-9,11-12,14,21H,2-5,10,13H2,1H3. The van der Waals surface area contributed by atoms with Crippen LogP contribution in [-0.2, 0) is 36.5 Å². The van der Waals surface area contributed by atoms with Crippen LogP contribution in [0.25, 0.3) is 10.9 Å². The highest BCUT2D eigenvalue weighted by molar-refractivity contribution is 7.89. The minimum Gasteiger partial charge on any atom is -0.346 e. The van der Waals surface area contributed by atoms with E-state index in [4.69, 9.17) is 0 Å². The summed E-state index contributed by atoms with van der Waals surface area (Å²) in [5, 5.41) is 0.883. The number of nitrogens with zero attached hydrogens (tertiary/aromatic N) is 2. The van der Waals surface area contributed by atoms with E-state index >= 15 is 0 Å². The predicted molar refractivity (Wildman–Crippen MR) is 105 cm³/mol. The fraction of sp³-hybridized carbons (Fsp3) is 0.350. The molecule has 1 aromatic carbocycles. The predicted octanol–water partition coefficient (Wildman–Crippen LogP) is 2.20. The lowest BCUT2D eigenvalue weighted by Gasteiger charge is -2.17. The highest BCUT2D eigenvalue weighted by Gasteiger charge is 2.17. The fourth-order valence-corrected chi connectivity index (χ4v) is 4.84. The summed E-state index contributed by atoms with van der Waals surface area (Å²) >= 11 is 0. The third-order valence-electron chi connectivity index (χ3n) is 5.28. The molecule has 1 aliphatic rings. The van der Waals surface area contributed by atoms with Gasteiger partial charge in [-0.2, -0.15) is 0 Å². The molecule has 0 saturated carbocycles. The van der Waals surface area contributed by atoms with E-state index in [1.807, 2.05) is 31.4 Å². The molecular formula is C20H23N3O3S. The quantitative estimate of drug-likeness (QED) is 0.732. The number of fused-ring (bicyclic) bond motifs is 2. The SMILES string of the molecule is Cn1ccc2ccn(CCNS(=O)(=O)c3ccc4c(c3)CCCC4)c(=O)c21. The molecular weight excluding hydrogens is 362 g/mol. The minimum absolute atomic E-state index is 0.118. The van der Waals surface area contributed by atoms with Crippen molar-refractivity contribution in [3.63, 3.8) is 0 Å². The zero-order valence-corrected chi connectivity index (χ0v) is 16.1. The highest BCUT2D eigenvalue weighted by Crippen LogP contribution is 2.24.